The van der Waals surface area contributed by atoms with Crippen LogP contribution in [0, 0.1) is 10.8 Å². The number of hydrogen-bond acceptors (Lipinski definition) is 3. The van der Waals surface area contributed by atoms with E-state index < -0.39 is 0 Å². The van der Waals surface area contributed by atoms with Gasteiger partial charge in [0.2, 0.25) is 0 Å². The van der Waals surface area contributed by atoms with Crippen molar-refractivity contribution in [2.45, 2.75) is 33.2 Å². The highest BCUT2D eigenvalue weighted by Gasteiger charge is 2.22. The maximum absolute atomic E-state index is 12.8. The van der Waals surface area contributed by atoms with Crippen LogP contribution in [0.1, 0.15) is 54.7 Å². The van der Waals surface area contributed by atoms with Crippen LogP contribution < -0.4 is 11.1 Å². The molecular weight excluding hydrogens is 425 g/mol. The monoisotopic (exact) mass is 449 g/mol. The molecule has 0 aromatic heterocycles. The zero-order valence-corrected chi connectivity index (χ0v) is 16.9. The second-order valence-electron chi connectivity index (χ2n) is 7.32. The lowest BCUT2D eigenvalue weighted by atomic mass is 9.85. The first-order valence-electron chi connectivity index (χ1n) is 8.17. The Morgan fingerprint density at radius 1 is 1.20 bits per heavy atom. The van der Waals surface area contributed by atoms with Crippen molar-refractivity contribution in [1.29, 1.82) is 5.41 Å². The summed E-state index contributed by atoms with van der Waals surface area (Å²) in [5.41, 5.74) is 8.65. The van der Waals surface area contributed by atoms with E-state index in [0.29, 0.717) is 20.5 Å². The van der Waals surface area contributed by atoms with Gasteiger partial charge in [-0.25, -0.2) is 0 Å². The van der Waals surface area contributed by atoms with Crippen molar-refractivity contribution in [3.8, 4) is 0 Å². The third-order valence-corrected chi connectivity index (χ3v) is 4.46. The Morgan fingerprint density at radius 2 is 1.84 bits per heavy atom. The second-order valence-corrected chi connectivity index (χ2v) is 8.40. The third kappa shape index (κ3) is 5.56. The average Bonchev–Trinajstić information content (AvgIpc) is 2.54. The fourth-order valence-electron chi connectivity index (χ4n) is 2.68. The van der Waals surface area contributed by atoms with E-state index in [2.05, 4.69) is 26.1 Å². The summed E-state index contributed by atoms with van der Waals surface area (Å²) in [4.78, 5) is 12.8. The van der Waals surface area contributed by atoms with Crippen molar-refractivity contribution in [3.63, 3.8) is 0 Å². The topological polar surface area (TPSA) is 79.0 Å². The van der Waals surface area contributed by atoms with Gasteiger partial charge in [-0.15, -0.1) is 0 Å². The summed E-state index contributed by atoms with van der Waals surface area (Å²) in [7, 11) is 0. The fraction of sp³-hybridized carbons (Fsp3) is 0.300. The fourth-order valence-corrected chi connectivity index (χ4v) is 3.15. The van der Waals surface area contributed by atoms with Crippen molar-refractivity contribution in [3.05, 3.63) is 65.2 Å². The standard InChI is InChI=1S/C20H24IN3O/c1-20(2,3)12-17(13-7-5-4-6-8-13)24-19(25)14-9-10-16(22)15(11-14)18(21)23/h4-11,17,23H,12,22H2,1-3H3,(H,24,25)/t17-/m0/s1. The van der Waals surface area contributed by atoms with Gasteiger partial charge in [0.15, 0.2) is 0 Å². The van der Waals surface area contributed by atoms with Crippen LogP contribution in [0.4, 0.5) is 5.69 Å². The van der Waals surface area contributed by atoms with Gasteiger partial charge < -0.3 is 11.1 Å². The van der Waals surface area contributed by atoms with Gasteiger partial charge in [0.1, 0.15) is 3.72 Å². The molecule has 0 spiro atoms. The summed E-state index contributed by atoms with van der Waals surface area (Å²) in [5, 5.41) is 10.9. The molecule has 0 aliphatic heterocycles. The van der Waals surface area contributed by atoms with E-state index >= 15 is 0 Å². The van der Waals surface area contributed by atoms with E-state index in [4.69, 9.17) is 11.1 Å². The molecule has 2 aromatic carbocycles. The predicted molar refractivity (Wildman–Crippen MR) is 112 cm³/mol. The van der Waals surface area contributed by atoms with E-state index in [-0.39, 0.29) is 17.4 Å². The van der Waals surface area contributed by atoms with E-state index in [1.807, 2.05) is 52.9 Å². The highest BCUT2D eigenvalue weighted by molar-refractivity contribution is 14.1. The van der Waals surface area contributed by atoms with Crippen LogP contribution in [0.3, 0.4) is 0 Å². The van der Waals surface area contributed by atoms with Gasteiger partial charge in [0, 0.05) is 16.8 Å². The molecule has 0 aliphatic carbocycles. The molecule has 1 amide bonds. The van der Waals surface area contributed by atoms with Crippen LogP contribution in [-0.2, 0) is 0 Å². The molecular formula is C20H24IN3O. The second kappa shape index (κ2) is 7.99. The average molecular weight is 449 g/mol. The Labute approximate surface area is 162 Å². The number of hydrogen-bond donors (Lipinski definition) is 3. The summed E-state index contributed by atoms with van der Waals surface area (Å²) in [5.74, 6) is -0.156. The molecule has 0 heterocycles. The number of nitrogens with one attached hydrogen (secondary N) is 2. The highest BCUT2D eigenvalue weighted by atomic mass is 127. The van der Waals surface area contributed by atoms with Gasteiger partial charge in [-0.3, -0.25) is 10.2 Å². The predicted octanol–water partition coefficient (Wildman–Crippen LogP) is 4.94. The van der Waals surface area contributed by atoms with Crippen molar-refractivity contribution in [2.24, 2.45) is 5.41 Å². The molecule has 5 heteroatoms. The SMILES string of the molecule is CC(C)(C)C[C@H](NC(=O)c1ccc(N)c(C(=N)I)c1)c1ccccc1. The zero-order valence-electron chi connectivity index (χ0n) is 14.8. The molecule has 2 aromatic rings. The molecule has 132 valence electrons. The number of anilines is 1. The lowest BCUT2D eigenvalue weighted by Gasteiger charge is -2.27. The van der Waals surface area contributed by atoms with Crippen LogP contribution in [0.2, 0.25) is 0 Å². The maximum atomic E-state index is 12.8. The number of carbonyl (C=O) groups excluding carboxylic acids is 1. The minimum atomic E-state index is -0.156. The Kier molecular flexibility index (Phi) is 6.21. The minimum absolute atomic E-state index is 0.0738. The Morgan fingerprint density at radius 3 is 2.40 bits per heavy atom. The number of carbonyl (C=O) groups is 1. The zero-order chi connectivity index (χ0) is 18.6. The van der Waals surface area contributed by atoms with Crippen molar-refractivity contribution in [2.75, 3.05) is 5.73 Å². The molecule has 0 unspecified atom stereocenters. The number of rotatable bonds is 5. The lowest BCUT2D eigenvalue weighted by molar-refractivity contribution is 0.0926. The normalized spacial score (nSPS) is 12.5. The molecule has 0 bridgehead atoms. The van der Waals surface area contributed by atoms with Gasteiger partial charge in [-0.05, 0) is 58.2 Å². The van der Waals surface area contributed by atoms with E-state index in [1.165, 1.54) is 0 Å². The van der Waals surface area contributed by atoms with Crippen molar-refractivity contribution in [1.82, 2.24) is 5.32 Å². The summed E-state index contributed by atoms with van der Waals surface area (Å²) >= 11 is 1.90. The molecule has 25 heavy (non-hydrogen) atoms. The minimum Gasteiger partial charge on any atom is -0.398 e. The summed E-state index contributed by atoms with van der Waals surface area (Å²) < 4.78 is 0.319. The van der Waals surface area contributed by atoms with E-state index in [1.54, 1.807) is 18.2 Å². The largest absolute Gasteiger partial charge is 0.398 e. The van der Waals surface area contributed by atoms with Crippen LogP contribution in [0.25, 0.3) is 0 Å². The van der Waals surface area contributed by atoms with Crippen molar-refractivity contribution < 1.29 is 4.79 Å². The van der Waals surface area contributed by atoms with Crippen LogP contribution in [-0.4, -0.2) is 9.63 Å². The number of halogens is 1. The number of nitrogen functional groups attached to an aromatic ring is 1. The molecule has 4 N–H and O–H groups in total. The molecule has 0 saturated carbocycles. The van der Waals surface area contributed by atoms with E-state index in [9.17, 15) is 4.79 Å². The Balaban J connectivity index is 2.28. The van der Waals surface area contributed by atoms with Gasteiger partial charge >= 0.3 is 0 Å². The first-order valence-corrected chi connectivity index (χ1v) is 9.25. The maximum Gasteiger partial charge on any atom is 0.251 e. The van der Waals surface area contributed by atoms with Crippen LogP contribution in [0.5, 0.6) is 0 Å². The lowest BCUT2D eigenvalue weighted by Crippen LogP contribution is -2.31. The third-order valence-electron chi connectivity index (χ3n) is 3.88. The molecule has 1 atom stereocenters. The first-order chi connectivity index (χ1) is 11.7. The van der Waals surface area contributed by atoms with Crippen LogP contribution >= 0.6 is 22.6 Å². The molecule has 0 radical (unpaired) electrons. The van der Waals surface area contributed by atoms with Gasteiger partial charge in [0.05, 0.1) is 6.04 Å². The summed E-state index contributed by atoms with van der Waals surface area (Å²) in [6.45, 7) is 6.48. The van der Waals surface area contributed by atoms with Crippen molar-refractivity contribution >= 4 is 37.9 Å². The molecule has 0 aliphatic rings. The molecule has 0 fully saturated rings. The quantitative estimate of drug-likeness (QED) is 0.344. The van der Waals surface area contributed by atoms with Crippen LogP contribution in [0.15, 0.2) is 48.5 Å². The summed E-state index contributed by atoms with van der Waals surface area (Å²) in [6, 6.07) is 15.0. The number of benzene rings is 2. The highest BCUT2D eigenvalue weighted by Crippen LogP contribution is 2.30. The molecule has 0 saturated heterocycles. The van der Waals surface area contributed by atoms with Gasteiger partial charge in [-0.1, -0.05) is 51.1 Å². The summed E-state index contributed by atoms with van der Waals surface area (Å²) in [6.07, 6.45) is 0.826. The Hall–Kier alpha value is -1.89. The molecule has 4 nitrogen and oxygen atoms in total. The van der Waals surface area contributed by atoms with Gasteiger partial charge in [0.25, 0.3) is 5.91 Å². The smallest absolute Gasteiger partial charge is 0.251 e. The first kappa shape index (κ1) is 19.4. The molecule has 2 rings (SSSR count). The number of amides is 1. The Bertz CT molecular complexity index is 766. The van der Waals surface area contributed by atoms with Gasteiger partial charge in [-0.2, -0.15) is 0 Å². The number of nitrogens with two attached hydrogens (primary N) is 1. The van der Waals surface area contributed by atoms with E-state index in [0.717, 1.165) is 12.0 Å².